The second-order valence-electron chi connectivity index (χ2n) is 3.76. The van der Waals surface area contributed by atoms with Crippen molar-refractivity contribution in [3.05, 3.63) is 36.5 Å². The third-order valence-corrected chi connectivity index (χ3v) is 2.25. The number of aliphatic hydroxyl groups is 2. The molecule has 0 rings (SSSR count). The van der Waals surface area contributed by atoms with Crippen LogP contribution in [-0.2, 0) is 0 Å². The second kappa shape index (κ2) is 11.2. The van der Waals surface area contributed by atoms with Gasteiger partial charge in [0.25, 0.3) is 0 Å². The summed E-state index contributed by atoms with van der Waals surface area (Å²) in [7, 11) is 0. The van der Waals surface area contributed by atoms with E-state index in [1.807, 2.05) is 12.2 Å². The smallest absolute Gasteiger partial charge is 0.0836 e. The summed E-state index contributed by atoms with van der Waals surface area (Å²) in [6.07, 6.45) is 17.6. The molecule has 0 aromatic carbocycles. The van der Waals surface area contributed by atoms with Gasteiger partial charge in [0, 0.05) is 0 Å². The Morgan fingerprint density at radius 3 is 2.18 bits per heavy atom. The Kier molecular flexibility index (Phi) is 10.3. The molecule has 0 amide bonds. The van der Waals surface area contributed by atoms with Gasteiger partial charge in [-0.05, 0) is 31.8 Å². The molecule has 0 saturated heterocycles. The van der Waals surface area contributed by atoms with E-state index in [1.165, 1.54) is 6.08 Å². The molecule has 17 heavy (non-hydrogen) atoms. The Hall–Kier alpha value is -1.30. The van der Waals surface area contributed by atoms with E-state index in [0.29, 0.717) is 12.8 Å². The molecule has 0 heterocycles. The molecule has 0 aliphatic rings. The summed E-state index contributed by atoms with van der Waals surface area (Å²) in [6.45, 7) is 2.09. The second-order valence-corrected chi connectivity index (χ2v) is 3.76. The molecular weight excluding hydrogens is 212 g/mol. The Morgan fingerprint density at radius 1 is 1.00 bits per heavy atom. The monoisotopic (exact) mass is 234 g/mol. The highest BCUT2D eigenvalue weighted by Crippen LogP contribution is 2.05. The molecule has 94 valence electrons. The minimum absolute atomic E-state index is 0.384. The molecule has 0 spiro atoms. The first-order valence-corrected chi connectivity index (χ1v) is 5.99. The largest absolute Gasteiger partial charge is 0.390 e. The zero-order chi connectivity index (χ0) is 12.9. The van der Waals surface area contributed by atoms with Crippen LogP contribution in [0.3, 0.4) is 0 Å². The average Bonchev–Trinajstić information content (AvgIpc) is 2.33. The molecular formula is C15H22O2. The van der Waals surface area contributed by atoms with Gasteiger partial charge in [-0.3, -0.25) is 0 Å². The van der Waals surface area contributed by atoms with Crippen LogP contribution in [0.2, 0.25) is 0 Å². The topological polar surface area (TPSA) is 40.5 Å². The number of hydrogen-bond acceptors (Lipinski definition) is 2. The molecule has 0 bridgehead atoms. The highest BCUT2D eigenvalue weighted by Gasteiger charge is 2.12. The van der Waals surface area contributed by atoms with E-state index in [1.54, 1.807) is 6.08 Å². The first-order valence-electron chi connectivity index (χ1n) is 5.99. The SMILES string of the molecule is C#CC=CCC(O)C(O)CC=CCC=CCC. The quantitative estimate of drug-likeness (QED) is 0.500. The number of aliphatic hydroxyl groups excluding tert-OH is 2. The van der Waals surface area contributed by atoms with Gasteiger partial charge in [-0.1, -0.05) is 43.2 Å². The zero-order valence-corrected chi connectivity index (χ0v) is 10.4. The van der Waals surface area contributed by atoms with Crippen LogP contribution in [0.15, 0.2) is 36.5 Å². The Morgan fingerprint density at radius 2 is 1.59 bits per heavy atom. The minimum atomic E-state index is -0.754. The molecule has 0 aromatic rings. The molecule has 0 aliphatic heterocycles. The van der Waals surface area contributed by atoms with Crippen LogP contribution in [0.25, 0.3) is 0 Å². The molecule has 0 aromatic heterocycles. The fourth-order valence-corrected chi connectivity index (χ4v) is 1.26. The normalized spacial score (nSPS) is 15.6. The molecule has 2 heteroatoms. The van der Waals surface area contributed by atoms with E-state index >= 15 is 0 Å². The van der Waals surface area contributed by atoms with Crippen molar-refractivity contribution in [2.75, 3.05) is 0 Å². The number of hydrogen-bond donors (Lipinski definition) is 2. The standard InChI is InChI=1S/C15H22O2/c1-3-5-7-8-9-11-13-15(17)14(16)12-10-6-4-2/h2,5-7,9-11,14-17H,3,8,12-13H2,1H3. The summed E-state index contributed by atoms with van der Waals surface area (Å²) in [5.74, 6) is 2.34. The molecule has 0 saturated carbocycles. The molecule has 2 N–H and O–H groups in total. The third-order valence-electron chi connectivity index (χ3n) is 2.25. The number of rotatable bonds is 8. The molecule has 0 aliphatic carbocycles. The highest BCUT2D eigenvalue weighted by molar-refractivity contribution is 5.09. The Balaban J connectivity index is 3.77. The van der Waals surface area contributed by atoms with Crippen LogP contribution in [0.1, 0.15) is 32.6 Å². The van der Waals surface area contributed by atoms with Crippen molar-refractivity contribution in [3.63, 3.8) is 0 Å². The predicted octanol–water partition coefficient (Wildman–Crippen LogP) is 2.59. The maximum Gasteiger partial charge on any atom is 0.0836 e. The van der Waals surface area contributed by atoms with Gasteiger partial charge in [0.1, 0.15) is 0 Å². The van der Waals surface area contributed by atoms with Crippen molar-refractivity contribution in [2.24, 2.45) is 0 Å². The van der Waals surface area contributed by atoms with Crippen molar-refractivity contribution in [2.45, 2.75) is 44.8 Å². The molecule has 2 atom stereocenters. The van der Waals surface area contributed by atoms with Crippen LogP contribution in [-0.4, -0.2) is 22.4 Å². The van der Waals surface area contributed by atoms with Gasteiger partial charge in [-0.25, -0.2) is 0 Å². The Labute approximate surface area is 104 Å². The zero-order valence-electron chi connectivity index (χ0n) is 10.4. The van der Waals surface area contributed by atoms with Crippen molar-refractivity contribution < 1.29 is 10.2 Å². The van der Waals surface area contributed by atoms with E-state index in [4.69, 9.17) is 6.42 Å². The van der Waals surface area contributed by atoms with E-state index < -0.39 is 12.2 Å². The maximum atomic E-state index is 9.61. The van der Waals surface area contributed by atoms with E-state index in [0.717, 1.165) is 12.8 Å². The summed E-state index contributed by atoms with van der Waals surface area (Å²) in [6, 6.07) is 0. The van der Waals surface area contributed by atoms with E-state index in [2.05, 4.69) is 25.0 Å². The van der Waals surface area contributed by atoms with Crippen LogP contribution < -0.4 is 0 Å². The predicted molar refractivity (Wildman–Crippen MR) is 72.4 cm³/mol. The van der Waals surface area contributed by atoms with Gasteiger partial charge in [-0.2, -0.15) is 0 Å². The summed E-state index contributed by atoms with van der Waals surface area (Å²) < 4.78 is 0. The summed E-state index contributed by atoms with van der Waals surface area (Å²) in [5.41, 5.74) is 0. The maximum absolute atomic E-state index is 9.61. The highest BCUT2D eigenvalue weighted by atomic mass is 16.3. The first-order chi connectivity index (χ1) is 8.22. The summed E-state index contributed by atoms with van der Waals surface area (Å²) in [4.78, 5) is 0. The molecule has 0 fully saturated rings. The fraction of sp³-hybridized carbons (Fsp3) is 0.467. The summed E-state index contributed by atoms with van der Waals surface area (Å²) >= 11 is 0. The fourth-order valence-electron chi connectivity index (χ4n) is 1.26. The Bertz CT molecular complexity index is 295. The lowest BCUT2D eigenvalue weighted by Gasteiger charge is -2.13. The minimum Gasteiger partial charge on any atom is -0.390 e. The van der Waals surface area contributed by atoms with E-state index in [-0.39, 0.29) is 0 Å². The lowest BCUT2D eigenvalue weighted by molar-refractivity contribution is 0.0238. The molecule has 0 radical (unpaired) electrons. The van der Waals surface area contributed by atoms with Crippen LogP contribution in [0.4, 0.5) is 0 Å². The third kappa shape index (κ3) is 9.62. The van der Waals surface area contributed by atoms with Gasteiger partial charge in [0.15, 0.2) is 0 Å². The molecule has 2 nitrogen and oxygen atoms in total. The van der Waals surface area contributed by atoms with Crippen molar-refractivity contribution in [3.8, 4) is 12.3 Å². The number of allylic oxidation sites excluding steroid dienone is 4. The van der Waals surface area contributed by atoms with Crippen LogP contribution in [0, 0.1) is 12.3 Å². The molecule has 2 unspecified atom stereocenters. The van der Waals surface area contributed by atoms with Gasteiger partial charge in [0.05, 0.1) is 12.2 Å². The average molecular weight is 234 g/mol. The van der Waals surface area contributed by atoms with Crippen LogP contribution in [0.5, 0.6) is 0 Å². The van der Waals surface area contributed by atoms with Crippen LogP contribution >= 0.6 is 0 Å². The van der Waals surface area contributed by atoms with Gasteiger partial charge in [-0.15, -0.1) is 6.42 Å². The lowest BCUT2D eigenvalue weighted by Crippen LogP contribution is -2.24. The van der Waals surface area contributed by atoms with Gasteiger partial charge < -0.3 is 10.2 Å². The number of terminal acetylenes is 1. The van der Waals surface area contributed by atoms with Gasteiger partial charge >= 0.3 is 0 Å². The van der Waals surface area contributed by atoms with Crippen molar-refractivity contribution in [1.29, 1.82) is 0 Å². The van der Waals surface area contributed by atoms with Gasteiger partial charge in [0.2, 0.25) is 0 Å². The summed E-state index contributed by atoms with van der Waals surface area (Å²) in [5, 5.41) is 19.2. The van der Waals surface area contributed by atoms with E-state index in [9.17, 15) is 10.2 Å². The van der Waals surface area contributed by atoms with Crippen molar-refractivity contribution >= 4 is 0 Å². The van der Waals surface area contributed by atoms with Crippen molar-refractivity contribution in [1.82, 2.24) is 0 Å². The first kappa shape index (κ1) is 15.7. The lowest BCUT2D eigenvalue weighted by atomic mass is 10.1.